The second kappa shape index (κ2) is 21.4. The zero-order chi connectivity index (χ0) is 45.3. The van der Waals surface area contributed by atoms with Crippen LogP contribution in [0.3, 0.4) is 0 Å². The fourth-order valence-electron chi connectivity index (χ4n) is 7.22. The summed E-state index contributed by atoms with van der Waals surface area (Å²) in [6, 6.07) is 19.9. The van der Waals surface area contributed by atoms with Gasteiger partial charge in [-0.15, -0.1) is 0 Å². The van der Waals surface area contributed by atoms with Crippen LogP contribution in [-0.4, -0.2) is 119 Å². The third-order valence-electron chi connectivity index (χ3n) is 10.6. The first kappa shape index (κ1) is 46.4. The predicted octanol–water partition coefficient (Wildman–Crippen LogP) is 7.91. The number of carbonyl (C=O) groups is 4. The van der Waals surface area contributed by atoms with Gasteiger partial charge < -0.3 is 28.1 Å². The minimum absolute atomic E-state index is 0.0298. The Morgan fingerprint density at radius 1 is 0.516 bits per heavy atom. The van der Waals surface area contributed by atoms with Gasteiger partial charge in [-0.05, 0) is 83.9 Å². The molecule has 20 heteroatoms. The number of H-pyrrole nitrogens is 2. The molecule has 2 N–H and O–H groups in total. The van der Waals surface area contributed by atoms with Gasteiger partial charge in [0.15, 0.2) is 22.7 Å². The molecule has 2 fully saturated rings. The van der Waals surface area contributed by atoms with E-state index in [2.05, 4.69) is 19.8 Å². The topological polar surface area (TPSA) is 192 Å². The molecule has 0 atom stereocenters. The van der Waals surface area contributed by atoms with Crippen molar-refractivity contribution in [2.45, 2.75) is 26.1 Å². The molecule has 4 heterocycles. The fraction of sp³-hybridized carbons (Fsp3) is 0.318. The van der Waals surface area contributed by atoms with Crippen LogP contribution in [0, 0.1) is 0 Å². The van der Waals surface area contributed by atoms with Gasteiger partial charge in [-0.3, -0.25) is 29.4 Å². The van der Waals surface area contributed by atoms with Crippen molar-refractivity contribution in [3.63, 3.8) is 0 Å². The fourth-order valence-corrected chi connectivity index (χ4v) is 8.36. The van der Waals surface area contributed by atoms with Crippen molar-refractivity contribution in [2.75, 3.05) is 65.4 Å². The molecule has 2 saturated heterocycles. The Morgan fingerprint density at radius 2 is 0.875 bits per heavy atom. The SMILES string of the molecule is O=C(CCN1CCN(C(=O)OCc2cc(Cl)cc(Cl)c2)CC1)c1ccc2[nH]c(=O)oc2c1.O=C(CCN1CCN(C(=O)OCc2cc(Cl)cc(Cl)c2)CC1)c1ccc2[nH]c(=O)oc2c1. The van der Waals surface area contributed by atoms with Crippen LogP contribution in [-0.2, 0) is 22.7 Å². The number of Topliss-reactive ketones (excluding diaryl/α,β-unsaturated/α-hetero) is 2. The van der Waals surface area contributed by atoms with E-state index in [0.29, 0.717) is 132 Å². The van der Waals surface area contributed by atoms with Crippen LogP contribution in [0.2, 0.25) is 20.1 Å². The van der Waals surface area contributed by atoms with Crippen LogP contribution in [0.15, 0.2) is 91.2 Å². The Bertz CT molecular complexity index is 2540. The van der Waals surface area contributed by atoms with Crippen LogP contribution < -0.4 is 11.5 Å². The smallest absolute Gasteiger partial charge is 0.417 e. The highest BCUT2D eigenvalue weighted by molar-refractivity contribution is 6.35. The summed E-state index contributed by atoms with van der Waals surface area (Å²) in [6.45, 7) is 6.03. The van der Waals surface area contributed by atoms with Crippen LogP contribution in [0.1, 0.15) is 44.7 Å². The van der Waals surface area contributed by atoms with Gasteiger partial charge in [0, 0.05) is 110 Å². The molecule has 0 bridgehead atoms. The van der Waals surface area contributed by atoms with Crippen molar-refractivity contribution < 1.29 is 37.5 Å². The number of piperazine rings is 2. The summed E-state index contributed by atoms with van der Waals surface area (Å²) < 4.78 is 20.8. The van der Waals surface area contributed by atoms with Crippen molar-refractivity contribution in [3.8, 4) is 0 Å². The summed E-state index contributed by atoms with van der Waals surface area (Å²) in [5, 5.41) is 1.96. The molecule has 2 aromatic heterocycles. The van der Waals surface area contributed by atoms with Gasteiger partial charge in [0.25, 0.3) is 0 Å². The molecule has 0 saturated carbocycles. The summed E-state index contributed by atoms with van der Waals surface area (Å²) >= 11 is 23.9. The van der Waals surface area contributed by atoms with E-state index in [1.54, 1.807) is 82.6 Å². The Labute approximate surface area is 385 Å². The van der Waals surface area contributed by atoms with E-state index in [4.69, 9.17) is 64.7 Å². The van der Waals surface area contributed by atoms with E-state index in [9.17, 15) is 28.8 Å². The Kier molecular flexibility index (Phi) is 15.5. The molecule has 0 radical (unpaired) electrons. The summed E-state index contributed by atoms with van der Waals surface area (Å²) in [5.41, 5.74) is 4.32. The maximum Gasteiger partial charge on any atom is 0.417 e. The van der Waals surface area contributed by atoms with E-state index >= 15 is 0 Å². The zero-order valence-electron chi connectivity index (χ0n) is 34.2. The number of aromatic amines is 2. The number of nitrogens with zero attached hydrogens (tertiary/aromatic N) is 4. The average Bonchev–Trinajstić information content (AvgIpc) is 3.85. The van der Waals surface area contributed by atoms with Gasteiger partial charge in [0.05, 0.1) is 11.0 Å². The number of fused-ring (bicyclic) bond motifs is 2. The highest BCUT2D eigenvalue weighted by atomic mass is 35.5. The van der Waals surface area contributed by atoms with Crippen LogP contribution in [0.5, 0.6) is 0 Å². The zero-order valence-corrected chi connectivity index (χ0v) is 37.2. The van der Waals surface area contributed by atoms with Crippen LogP contribution >= 0.6 is 46.4 Å². The van der Waals surface area contributed by atoms with Crippen molar-refractivity contribution in [2.24, 2.45) is 0 Å². The number of amides is 2. The molecular formula is C44H42Cl4N6O10. The number of oxazole rings is 2. The third-order valence-corrected chi connectivity index (χ3v) is 11.5. The number of rotatable bonds is 12. The highest BCUT2D eigenvalue weighted by Gasteiger charge is 2.24. The van der Waals surface area contributed by atoms with Gasteiger partial charge in [-0.1, -0.05) is 46.4 Å². The summed E-state index contributed by atoms with van der Waals surface area (Å²) in [7, 11) is 0. The highest BCUT2D eigenvalue weighted by Crippen LogP contribution is 2.22. The van der Waals surface area contributed by atoms with Crippen molar-refractivity contribution >= 4 is 92.4 Å². The molecule has 4 aromatic carbocycles. The van der Waals surface area contributed by atoms with Crippen LogP contribution in [0.4, 0.5) is 9.59 Å². The van der Waals surface area contributed by atoms with E-state index in [-0.39, 0.29) is 24.8 Å². The quantitative estimate of drug-likeness (QED) is 0.113. The number of hydrogen-bond acceptors (Lipinski definition) is 12. The largest absolute Gasteiger partial charge is 0.445 e. The van der Waals surface area contributed by atoms with Gasteiger partial charge in [0.1, 0.15) is 13.2 Å². The molecule has 8 rings (SSSR count). The monoisotopic (exact) mass is 954 g/mol. The molecule has 2 aliphatic heterocycles. The molecule has 64 heavy (non-hydrogen) atoms. The number of benzene rings is 4. The minimum Gasteiger partial charge on any atom is -0.445 e. The molecule has 0 aliphatic carbocycles. The molecule has 6 aromatic rings. The van der Waals surface area contributed by atoms with Gasteiger partial charge in [-0.25, -0.2) is 19.2 Å². The van der Waals surface area contributed by atoms with E-state index in [1.807, 2.05) is 0 Å². The molecule has 16 nitrogen and oxygen atoms in total. The average molecular weight is 957 g/mol. The van der Waals surface area contributed by atoms with E-state index in [1.165, 1.54) is 0 Å². The summed E-state index contributed by atoms with van der Waals surface area (Å²) in [5.74, 6) is -1.15. The number of aromatic nitrogens is 2. The first-order chi connectivity index (χ1) is 30.7. The number of ether oxygens (including phenoxy) is 2. The molecule has 2 amide bonds. The number of nitrogens with one attached hydrogen (secondary N) is 2. The number of ketones is 2. The third kappa shape index (κ3) is 12.8. The lowest BCUT2D eigenvalue weighted by Crippen LogP contribution is -2.49. The minimum atomic E-state index is -0.544. The van der Waals surface area contributed by atoms with E-state index in [0.717, 1.165) is 11.1 Å². The molecule has 336 valence electrons. The lowest BCUT2D eigenvalue weighted by Gasteiger charge is -2.33. The van der Waals surface area contributed by atoms with E-state index < -0.39 is 23.7 Å². The Hall–Kier alpha value is -5.62. The maximum absolute atomic E-state index is 12.5. The van der Waals surface area contributed by atoms with Crippen molar-refractivity contribution in [1.29, 1.82) is 0 Å². The van der Waals surface area contributed by atoms with Gasteiger partial charge in [-0.2, -0.15) is 0 Å². The Morgan fingerprint density at radius 3 is 1.23 bits per heavy atom. The van der Waals surface area contributed by atoms with Crippen molar-refractivity contribution in [3.05, 3.63) is 136 Å². The van der Waals surface area contributed by atoms with Gasteiger partial charge >= 0.3 is 23.7 Å². The number of halogens is 4. The van der Waals surface area contributed by atoms with Crippen molar-refractivity contribution in [1.82, 2.24) is 29.6 Å². The lowest BCUT2D eigenvalue weighted by atomic mass is 10.1. The maximum atomic E-state index is 12.5. The first-order valence-electron chi connectivity index (χ1n) is 20.2. The standard InChI is InChI=1S/2C22H21Cl2N3O5/c2*23-16-9-14(10-17(24)12-16)13-31-22(30)27-7-5-26(6-8-27)4-3-19(28)15-1-2-18-20(11-15)32-21(29)25-18/h2*1-2,9-12H,3-8,13H2,(H,25,29). The van der Waals surface area contributed by atoms with Gasteiger partial charge in [0.2, 0.25) is 0 Å². The normalized spacial score (nSPS) is 14.6. The second-order valence-electron chi connectivity index (χ2n) is 15.1. The molecular weight excluding hydrogens is 914 g/mol. The van der Waals surface area contributed by atoms with Crippen LogP contribution in [0.25, 0.3) is 22.2 Å². The number of carbonyl (C=O) groups excluding carboxylic acids is 4. The first-order valence-corrected chi connectivity index (χ1v) is 21.8. The summed E-state index contributed by atoms with van der Waals surface area (Å²) in [4.78, 5) is 84.9. The molecule has 0 spiro atoms. The Balaban J connectivity index is 0.000000191. The molecule has 0 unspecified atom stereocenters. The molecule has 2 aliphatic rings. The lowest BCUT2D eigenvalue weighted by molar-refractivity contribution is 0.0695. The summed E-state index contributed by atoms with van der Waals surface area (Å²) in [6.07, 6.45) is -0.114. The number of hydrogen-bond donors (Lipinski definition) is 2. The predicted molar refractivity (Wildman–Crippen MR) is 241 cm³/mol. The second-order valence-corrected chi connectivity index (χ2v) is 16.9.